The molecule has 0 saturated heterocycles. The van der Waals surface area contributed by atoms with Crippen LogP contribution in [0, 0.1) is 12.3 Å². The number of rotatable bonds is 8. The summed E-state index contributed by atoms with van der Waals surface area (Å²) >= 11 is -1.02. The molecule has 1 unspecified atom stereocenters. The first-order valence-electron chi connectivity index (χ1n) is 9.60. The minimum absolute atomic E-state index is 0.00895. The van der Waals surface area contributed by atoms with E-state index in [4.69, 9.17) is 11.1 Å². The molecule has 6 nitrogen and oxygen atoms in total. The predicted molar refractivity (Wildman–Crippen MR) is 120 cm³/mol. The molecule has 0 saturated carbocycles. The summed E-state index contributed by atoms with van der Waals surface area (Å²) in [5.74, 6) is -0.00895. The SMILES string of the molecule is CCN(CC)c1ccc([AsH]C(=O)c2cc(C)nn2-c2cccc(C(=N)N)c2)cc1. The monoisotopic (exact) mass is 451 g/mol. The van der Waals surface area contributed by atoms with E-state index in [2.05, 4.69) is 48.1 Å². The molecule has 0 aliphatic rings. The topological polar surface area (TPSA) is 88.0 Å². The number of nitrogens with two attached hydrogens (primary N) is 1. The molecule has 3 aromatic rings. The molecule has 0 aliphatic carbocycles. The maximum atomic E-state index is 13.1. The number of anilines is 1. The van der Waals surface area contributed by atoms with E-state index in [0.29, 0.717) is 11.3 Å². The van der Waals surface area contributed by atoms with Gasteiger partial charge in [0.15, 0.2) is 0 Å². The summed E-state index contributed by atoms with van der Waals surface area (Å²) in [6, 6.07) is 17.4. The van der Waals surface area contributed by atoms with E-state index in [1.54, 1.807) is 16.8 Å². The number of nitrogens with one attached hydrogen (secondary N) is 1. The van der Waals surface area contributed by atoms with Gasteiger partial charge in [0.05, 0.1) is 0 Å². The summed E-state index contributed by atoms with van der Waals surface area (Å²) in [5.41, 5.74) is 9.49. The van der Waals surface area contributed by atoms with Crippen molar-refractivity contribution in [3.05, 3.63) is 71.5 Å². The molecular formula is C22H26AsN5O. The molecule has 0 radical (unpaired) electrons. The first-order chi connectivity index (χ1) is 13.9. The van der Waals surface area contributed by atoms with E-state index in [9.17, 15) is 4.79 Å². The predicted octanol–water partition coefficient (Wildman–Crippen LogP) is 2.21. The molecule has 150 valence electrons. The molecule has 0 spiro atoms. The van der Waals surface area contributed by atoms with Gasteiger partial charge in [-0.15, -0.1) is 0 Å². The molecule has 0 aliphatic heterocycles. The Labute approximate surface area is 177 Å². The fourth-order valence-electron chi connectivity index (χ4n) is 3.20. The van der Waals surface area contributed by atoms with Gasteiger partial charge in [-0.1, -0.05) is 0 Å². The Morgan fingerprint density at radius 2 is 1.83 bits per heavy atom. The van der Waals surface area contributed by atoms with Gasteiger partial charge in [-0.25, -0.2) is 0 Å². The van der Waals surface area contributed by atoms with Crippen molar-refractivity contribution in [3.8, 4) is 5.69 Å². The number of aryl methyl sites for hydroxylation is 1. The minimum atomic E-state index is -1.02. The van der Waals surface area contributed by atoms with Crippen molar-refractivity contribution < 1.29 is 4.79 Å². The van der Waals surface area contributed by atoms with Gasteiger partial charge in [0.1, 0.15) is 0 Å². The van der Waals surface area contributed by atoms with Gasteiger partial charge in [0.25, 0.3) is 0 Å². The molecule has 3 N–H and O–H groups in total. The van der Waals surface area contributed by atoms with Gasteiger partial charge in [-0.05, 0) is 0 Å². The molecular weight excluding hydrogens is 425 g/mol. The van der Waals surface area contributed by atoms with Crippen LogP contribution in [0.1, 0.15) is 35.6 Å². The second kappa shape index (κ2) is 9.10. The van der Waals surface area contributed by atoms with Crippen LogP contribution in [0.25, 0.3) is 5.69 Å². The summed E-state index contributed by atoms with van der Waals surface area (Å²) in [6.45, 7) is 8.07. The molecule has 1 aromatic heterocycles. The zero-order valence-electron chi connectivity index (χ0n) is 16.9. The summed E-state index contributed by atoms with van der Waals surface area (Å²) in [6.07, 6.45) is 0. The van der Waals surface area contributed by atoms with E-state index in [1.165, 1.54) is 5.69 Å². The van der Waals surface area contributed by atoms with E-state index >= 15 is 0 Å². The number of nitrogen functional groups attached to an aromatic ring is 1. The summed E-state index contributed by atoms with van der Waals surface area (Å²) in [5, 5.41) is 12.1. The van der Waals surface area contributed by atoms with Crippen molar-refractivity contribution >= 4 is 36.2 Å². The first kappa shape index (κ1) is 20.9. The molecule has 1 heterocycles. The van der Waals surface area contributed by atoms with Crippen molar-refractivity contribution in [1.82, 2.24) is 9.78 Å². The fraction of sp³-hybridized carbons (Fsp3) is 0.227. The third-order valence-corrected chi connectivity index (χ3v) is 7.04. The third kappa shape index (κ3) is 4.77. The Bertz CT molecular complexity index is 1020. The average Bonchev–Trinajstić information content (AvgIpc) is 3.12. The Morgan fingerprint density at radius 1 is 1.14 bits per heavy atom. The molecule has 0 fully saturated rings. The summed E-state index contributed by atoms with van der Waals surface area (Å²) in [7, 11) is 0. The Hall–Kier alpha value is -2.85. The zero-order chi connectivity index (χ0) is 21.0. The number of carbonyl (C=O) groups excluding carboxylic acids is 1. The maximum absolute atomic E-state index is 13.1. The quantitative estimate of drug-likeness (QED) is 0.312. The Balaban J connectivity index is 1.85. The number of amidine groups is 1. The van der Waals surface area contributed by atoms with Crippen LogP contribution in [0.3, 0.4) is 0 Å². The second-order valence-corrected chi connectivity index (χ2v) is 9.41. The van der Waals surface area contributed by atoms with Gasteiger partial charge in [-0.2, -0.15) is 0 Å². The molecule has 3 rings (SSSR count). The number of hydrogen-bond donors (Lipinski definition) is 2. The van der Waals surface area contributed by atoms with Gasteiger partial charge in [0, 0.05) is 0 Å². The molecule has 1 atom stereocenters. The van der Waals surface area contributed by atoms with Crippen LogP contribution in [-0.2, 0) is 0 Å². The Kier molecular flexibility index (Phi) is 6.55. The summed E-state index contributed by atoms with van der Waals surface area (Å²) in [4.78, 5) is 15.4. The number of hydrogen-bond acceptors (Lipinski definition) is 4. The standard InChI is InChI=1S/C22H26AsN5O/c1-4-27(5-2)18-11-9-17(10-12-18)23-21(29)20-13-15(3)26-28(20)19-8-6-7-16(14-19)22(24)25/h6-14,23H,4-5H2,1-3H3,(H3,24,25). The zero-order valence-corrected chi connectivity index (χ0v) is 19.0. The van der Waals surface area contributed by atoms with Crippen LogP contribution in [-0.4, -0.2) is 49.0 Å². The van der Waals surface area contributed by atoms with Gasteiger partial charge >= 0.3 is 178 Å². The van der Waals surface area contributed by atoms with Crippen molar-refractivity contribution in [2.75, 3.05) is 18.0 Å². The molecule has 0 bridgehead atoms. The number of nitrogens with zero attached hydrogens (tertiary/aromatic N) is 3. The van der Waals surface area contributed by atoms with E-state index in [0.717, 1.165) is 28.8 Å². The van der Waals surface area contributed by atoms with E-state index in [-0.39, 0.29) is 10.4 Å². The van der Waals surface area contributed by atoms with Crippen molar-refractivity contribution in [3.63, 3.8) is 0 Å². The number of aromatic nitrogens is 2. The van der Waals surface area contributed by atoms with Gasteiger partial charge in [0.2, 0.25) is 0 Å². The second-order valence-electron chi connectivity index (χ2n) is 6.72. The molecule has 0 amide bonds. The summed E-state index contributed by atoms with van der Waals surface area (Å²) < 4.78 is 2.88. The third-order valence-electron chi connectivity index (χ3n) is 4.72. The van der Waals surface area contributed by atoms with Crippen LogP contribution in [0.15, 0.2) is 54.6 Å². The Morgan fingerprint density at radius 3 is 2.45 bits per heavy atom. The molecule has 29 heavy (non-hydrogen) atoms. The van der Waals surface area contributed by atoms with Crippen molar-refractivity contribution in [1.29, 1.82) is 5.41 Å². The van der Waals surface area contributed by atoms with Crippen molar-refractivity contribution in [2.45, 2.75) is 20.8 Å². The van der Waals surface area contributed by atoms with E-state index in [1.807, 2.05) is 25.1 Å². The number of benzene rings is 2. The van der Waals surface area contributed by atoms with Gasteiger partial charge in [-0.3, -0.25) is 0 Å². The van der Waals surface area contributed by atoms with Crippen molar-refractivity contribution in [2.24, 2.45) is 5.73 Å². The van der Waals surface area contributed by atoms with Crippen LogP contribution < -0.4 is 15.0 Å². The van der Waals surface area contributed by atoms with E-state index < -0.39 is 15.8 Å². The van der Waals surface area contributed by atoms with Gasteiger partial charge < -0.3 is 0 Å². The fourth-order valence-corrected chi connectivity index (χ4v) is 5.09. The van der Waals surface area contributed by atoms with Crippen LogP contribution in [0.5, 0.6) is 0 Å². The van der Waals surface area contributed by atoms with Crippen LogP contribution in [0.4, 0.5) is 5.69 Å². The number of carbonyl (C=O) groups is 1. The van der Waals surface area contributed by atoms with Crippen LogP contribution in [0.2, 0.25) is 0 Å². The first-order valence-corrected chi connectivity index (χ1v) is 11.7. The molecule has 2 aromatic carbocycles. The normalized spacial score (nSPS) is 11.1. The molecule has 7 heteroatoms. The van der Waals surface area contributed by atoms with Crippen LogP contribution >= 0.6 is 0 Å². The average molecular weight is 451 g/mol.